The molecule has 1 N–H and O–H groups in total. The molecule has 1 saturated heterocycles. The zero-order valence-corrected chi connectivity index (χ0v) is 16.8. The Labute approximate surface area is 153 Å². The topological polar surface area (TPSA) is 36.9 Å². The minimum atomic E-state index is 0. The number of nitrogens with zero attached hydrogens (tertiary/aromatic N) is 2. The van der Waals surface area contributed by atoms with E-state index in [1.165, 1.54) is 32.1 Å². The molecule has 1 saturated carbocycles. The summed E-state index contributed by atoms with van der Waals surface area (Å²) in [5, 5.41) is 3.44. The summed E-state index contributed by atoms with van der Waals surface area (Å²) in [6.07, 6.45) is 6.68. The van der Waals surface area contributed by atoms with Crippen molar-refractivity contribution < 1.29 is 4.74 Å². The third-order valence-corrected chi connectivity index (χ3v) is 4.80. The van der Waals surface area contributed by atoms with Gasteiger partial charge in [0.1, 0.15) is 0 Å². The minimum absolute atomic E-state index is 0. The number of rotatable bonds is 5. The van der Waals surface area contributed by atoms with Gasteiger partial charge in [-0.1, -0.05) is 19.8 Å². The molecular weight excluding hydrogens is 389 g/mol. The van der Waals surface area contributed by atoms with Crippen LogP contribution >= 0.6 is 24.0 Å². The van der Waals surface area contributed by atoms with Crippen molar-refractivity contribution in [2.75, 3.05) is 39.9 Å². The summed E-state index contributed by atoms with van der Waals surface area (Å²) in [4.78, 5) is 7.19. The molecule has 3 unspecified atom stereocenters. The van der Waals surface area contributed by atoms with Crippen molar-refractivity contribution in [3.05, 3.63) is 0 Å². The molecule has 0 aromatic heterocycles. The molecule has 0 amide bonds. The lowest BCUT2D eigenvalue weighted by molar-refractivity contribution is 0.181. The summed E-state index contributed by atoms with van der Waals surface area (Å²) in [5.41, 5.74) is 0. The molecule has 1 aliphatic heterocycles. The van der Waals surface area contributed by atoms with Crippen LogP contribution in [0.2, 0.25) is 0 Å². The Hall–Kier alpha value is -0.0400. The zero-order chi connectivity index (χ0) is 15.1. The zero-order valence-electron chi connectivity index (χ0n) is 14.5. The molecule has 1 aliphatic carbocycles. The summed E-state index contributed by atoms with van der Waals surface area (Å²) >= 11 is 0. The van der Waals surface area contributed by atoms with Crippen LogP contribution in [0.15, 0.2) is 4.99 Å². The Morgan fingerprint density at radius 3 is 2.73 bits per heavy atom. The van der Waals surface area contributed by atoms with Gasteiger partial charge in [0.15, 0.2) is 5.96 Å². The van der Waals surface area contributed by atoms with Crippen molar-refractivity contribution in [1.82, 2.24) is 10.2 Å². The van der Waals surface area contributed by atoms with Gasteiger partial charge in [0.2, 0.25) is 0 Å². The van der Waals surface area contributed by atoms with Crippen molar-refractivity contribution >= 4 is 29.9 Å². The third kappa shape index (κ3) is 6.60. The molecule has 2 fully saturated rings. The van der Waals surface area contributed by atoms with Crippen molar-refractivity contribution in [1.29, 1.82) is 0 Å². The number of aliphatic imine (C=N–C) groups is 1. The lowest BCUT2D eigenvalue weighted by Gasteiger charge is -2.27. The third-order valence-electron chi connectivity index (χ3n) is 4.80. The first kappa shape index (κ1) is 20.0. The van der Waals surface area contributed by atoms with E-state index in [1.54, 1.807) is 0 Å². The molecule has 2 rings (SSSR count). The standard InChI is InChI=1S/C17H33N3O.HI/c1-4-18-17(20(3)12-16-8-9-21-13-16)19-11-15-7-5-6-14(2)10-15;/h14-16H,4-13H2,1-3H3,(H,18,19);1H. The summed E-state index contributed by atoms with van der Waals surface area (Å²) < 4.78 is 5.48. The highest BCUT2D eigenvalue weighted by Crippen LogP contribution is 2.28. The smallest absolute Gasteiger partial charge is 0.193 e. The monoisotopic (exact) mass is 423 g/mol. The number of halogens is 1. The highest BCUT2D eigenvalue weighted by atomic mass is 127. The number of ether oxygens (including phenoxy) is 1. The van der Waals surface area contributed by atoms with Crippen LogP contribution in [0.3, 0.4) is 0 Å². The average molecular weight is 423 g/mol. The van der Waals surface area contributed by atoms with Crippen LogP contribution in [-0.2, 0) is 4.74 Å². The van der Waals surface area contributed by atoms with Crippen LogP contribution in [-0.4, -0.2) is 50.8 Å². The van der Waals surface area contributed by atoms with Gasteiger partial charge >= 0.3 is 0 Å². The van der Waals surface area contributed by atoms with E-state index in [1.807, 2.05) is 0 Å². The first-order chi connectivity index (χ1) is 10.2. The molecule has 130 valence electrons. The van der Waals surface area contributed by atoms with Gasteiger partial charge in [-0.2, -0.15) is 0 Å². The fourth-order valence-corrected chi connectivity index (χ4v) is 3.61. The Kier molecular flexibility index (Phi) is 9.71. The maximum Gasteiger partial charge on any atom is 0.193 e. The second kappa shape index (κ2) is 10.7. The summed E-state index contributed by atoms with van der Waals surface area (Å²) in [5.74, 6) is 3.40. The second-order valence-electron chi connectivity index (χ2n) is 6.94. The number of guanidine groups is 1. The summed E-state index contributed by atoms with van der Waals surface area (Å²) in [6, 6.07) is 0. The Morgan fingerprint density at radius 2 is 2.09 bits per heavy atom. The fraction of sp³-hybridized carbons (Fsp3) is 0.941. The molecule has 3 atom stereocenters. The van der Waals surface area contributed by atoms with Crippen LogP contribution in [0, 0.1) is 17.8 Å². The SMILES string of the molecule is CCNC(=NCC1CCCC(C)C1)N(C)CC1CCOC1.I. The normalized spacial score (nSPS) is 29.0. The van der Waals surface area contributed by atoms with Crippen molar-refractivity contribution in [3.63, 3.8) is 0 Å². The van der Waals surface area contributed by atoms with E-state index in [2.05, 4.69) is 31.1 Å². The van der Waals surface area contributed by atoms with E-state index in [4.69, 9.17) is 9.73 Å². The van der Waals surface area contributed by atoms with E-state index in [0.717, 1.165) is 50.6 Å². The van der Waals surface area contributed by atoms with Gasteiger partial charge in [0.05, 0.1) is 6.61 Å². The van der Waals surface area contributed by atoms with Crippen molar-refractivity contribution in [2.45, 2.75) is 46.0 Å². The van der Waals surface area contributed by atoms with Gasteiger partial charge in [-0.15, -0.1) is 24.0 Å². The maximum atomic E-state index is 5.48. The van der Waals surface area contributed by atoms with E-state index in [-0.39, 0.29) is 24.0 Å². The molecule has 0 spiro atoms. The van der Waals surface area contributed by atoms with Crippen molar-refractivity contribution in [3.8, 4) is 0 Å². The number of hydrogen-bond acceptors (Lipinski definition) is 2. The average Bonchev–Trinajstić information content (AvgIpc) is 2.96. The molecule has 5 heteroatoms. The van der Waals surface area contributed by atoms with Crippen molar-refractivity contribution in [2.24, 2.45) is 22.7 Å². The molecule has 2 aliphatic rings. The summed E-state index contributed by atoms with van der Waals surface area (Å²) in [7, 11) is 2.16. The Bertz CT molecular complexity index is 332. The molecule has 4 nitrogen and oxygen atoms in total. The predicted octanol–water partition coefficient (Wildman–Crippen LogP) is 3.36. The molecule has 0 aromatic rings. The van der Waals surface area contributed by atoms with Crippen LogP contribution < -0.4 is 5.32 Å². The van der Waals surface area contributed by atoms with Gasteiger partial charge in [0, 0.05) is 39.2 Å². The van der Waals surface area contributed by atoms with Crippen LogP contribution in [0.1, 0.15) is 46.0 Å². The van der Waals surface area contributed by atoms with Crippen LogP contribution in [0.4, 0.5) is 0 Å². The predicted molar refractivity (Wildman–Crippen MR) is 104 cm³/mol. The largest absolute Gasteiger partial charge is 0.381 e. The minimum Gasteiger partial charge on any atom is -0.381 e. The van der Waals surface area contributed by atoms with Gasteiger partial charge in [-0.3, -0.25) is 4.99 Å². The molecular formula is C17H34IN3O. The molecule has 0 bridgehead atoms. The molecule has 22 heavy (non-hydrogen) atoms. The maximum absolute atomic E-state index is 5.48. The number of nitrogens with one attached hydrogen (secondary N) is 1. The Balaban J connectivity index is 0.00000242. The number of hydrogen-bond donors (Lipinski definition) is 1. The molecule has 0 radical (unpaired) electrons. The van der Waals surface area contributed by atoms with E-state index in [9.17, 15) is 0 Å². The first-order valence-corrected chi connectivity index (χ1v) is 8.76. The highest BCUT2D eigenvalue weighted by Gasteiger charge is 2.21. The second-order valence-corrected chi connectivity index (χ2v) is 6.94. The molecule has 1 heterocycles. The van der Waals surface area contributed by atoms with E-state index >= 15 is 0 Å². The van der Waals surface area contributed by atoms with Gasteiger partial charge in [0.25, 0.3) is 0 Å². The summed E-state index contributed by atoms with van der Waals surface area (Å²) in [6.45, 7) is 9.32. The first-order valence-electron chi connectivity index (χ1n) is 8.76. The lowest BCUT2D eigenvalue weighted by Crippen LogP contribution is -2.41. The Morgan fingerprint density at radius 1 is 1.27 bits per heavy atom. The molecule has 0 aromatic carbocycles. The highest BCUT2D eigenvalue weighted by molar-refractivity contribution is 14.0. The van der Waals surface area contributed by atoms with Gasteiger partial charge in [-0.05, 0) is 38.0 Å². The van der Waals surface area contributed by atoms with E-state index < -0.39 is 0 Å². The van der Waals surface area contributed by atoms with Crippen LogP contribution in [0.5, 0.6) is 0 Å². The van der Waals surface area contributed by atoms with Crippen LogP contribution in [0.25, 0.3) is 0 Å². The van der Waals surface area contributed by atoms with Gasteiger partial charge < -0.3 is 15.0 Å². The lowest BCUT2D eigenvalue weighted by atomic mass is 9.82. The van der Waals surface area contributed by atoms with Gasteiger partial charge in [-0.25, -0.2) is 0 Å². The fourth-order valence-electron chi connectivity index (χ4n) is 3.61. The quantitative estimate of drug-likeness (QED) is 0.419. The van der Waals surface area contributed by atoms with E-state index in [0.29, 0.717) is 5.92 Å².